The predicted molar refractivity (Wildman–Crippen MR) is 84.4 cm³/mol. The molecule has 0 bridgehead atoms. The molecule has 0 N–H and O–H groups in total. The number of hydrogen-bond donors (Lipinski definition) is 0. The van der Waals surface area contributed by atoms with Crippen LogP contribution in [0, 0.1) is 12.7 Å². The number of nitrogens with zero attached hydrogens (tertiary/aromatic N) is 3. The number of benzene rings is 2. The molecule has 2 aromatic rings. The monoisotopic (exact) mass is 295 g/mol. The second-order valence-corrected chi connectivity index (χ2v) is 5.42. The minimum Gasteiger partial charge on any atom is -0.483 e. The van der Waals surface area contributed by atoms with Crippen LogP contribution in [0.1, 0.15) is 11.1 Å². The van der Waals surface area contributed by atoms with E-state index in [1.807, 2.05) is 19.1 Å². The third-order valence-corrected chi connectivity index (χ3v) is 3.85. The number of fused-ring (bicyclic) bond motifs is 3. The van der Waals surface area contributed by atoms with Crippen LogP contribution in [0.15, 0.2) is 52.7 Å². The van der Waals surface area contributed by atoms with E-state index < -0.39 is 0 Å². The van der Waals surface area contributed by atoms with E-state index in [0.29, 0.717) is 13.2 Å². The lowest BCUT2D eigenvalue weighted by atomic mass is 10.1. The number of halogens is 1. The summed E-state index contributed by atoms with van der Waals surface area (Å²) in [6, 6.07) is 12.4. The lowest BCUT2D eigenvalue weighted by Gasteiger charge is -2.34. The zero-order chi connectivity index (χ0) is 15.1. The molecule has 22 heavy (non-hydrogen) atoms. The van der Waals surface area contributed by atoms with Gasteiger partial charge in [-0.15, -0.1) is 5.10 Å². The van der Waals surface area contributed by atoms with Crippen LogP contribution in [-0.2, 0) is 0 Å². The van der Waals surface area contributed by atoms with Gasteiger partial charge in [-0.05, 0) is 42.3 Å². The number of ether oxygens (including phenoxy) is 1. The maximum Gasteiger partial charge on any atom is 0.170 e. The van der Waals surface area contributed by atoms with Crippen molar-refractivity contribution < 1.29 is 9.13 Å². The first-order chi connectivity index (χ1) is 10.7. The van der Waals surface area contributed by atoms with Crippen LogP contribution < -0.4 is 9.64 Å². The Morgan fingerprint density at radius 2 is 1.91 bits per heavy atom. The first-order valence-electron chi connectivity index (χ1n) is 7.11. The molecule has 0 aliphatic carbocycles. The van der Waals surface area contributed by atoms with Gasteiger partial charge in [-0.2, -0.15) is 5.10 Å². The van der Waals surface area contributed by atoms with E-state index in [1.54, 1.807) is 12.1 Å². The van der Waals surface area contributed by atoms with Gasteiger partial charge in [0.15, 0.2) is 5.84 Å². The van der Waals surface area contributed by atoms with Crippen LogP contribution in [0.2, 0.25) is 0 Å². The summed E-state index contributed by atoms with van der Waals surface area (Å²) < 4.78 is 18.8. The number of anilines is 1. The zero-order valence-electron chi connectivity index (χ0n) is 12.1. The van der Waals surface area contributed by atoms with E-state index in [0.717, 1.165) is 34.1 Å². The van der Waals surface area contributed by atoms with Gasteiger partial charge in [-0.25, -0.2) is 4.39 Å². The summed E-state index contributed by atoms with van der Waals surface area (Å²) in [6.07, 6.45) is 0. The third-order valence-electron chi connectivity index (χ3n) is 3.85. The van der Waals surface area contributed by atoms with E-state index in [2.05, 4.69) is 21.2 Å². The highest BCUT2D eigenvalue weighted by Gasteiger charge is 2.28. The second-order valence-electron chi connectivity index (χ2n) is 5.42. The van der Waals surface area contributed by atoms with Gasteiger partial charge in [-0.1, -0.05) is 18.2 Å². The Morgan fingerprint density at radius 3 is 2.73 bits per heavy atom. The summed E-state index contributed by atoms with van der Waals surface area (Å²) in [6.45, 7) is 3.06. The average molecular weight is 295 g/mol. The number of aryl methyl sites for hydroxylation is 1. The normalized spacial score (nSPS) is 16.2. The van der Waals surface area contributed by atoms with Gasteiger partial charge in [0.1, 0.15) is 18.2 Å². The number of rotatable bonds is 1. The maximum atomic E-state index is 13.1. The molecular formula is C17H14FN3O. The van der Waals surface area contributed by atoms with Gasteiger partial charge in [-0.3, -0.25) is 0 Å². The van der Waals surface area contributed by atoms with Gasteiger partial charge >= 0.3 is 0 Å². The molecule has 0 aromatic heterocycles. The average Bonchev–Trinajstić information content (AvgIpc) is 2.55. The van der Waals surface area contributed by atoms with E-state index in [-0.39, 0.29) is 5.82 Å². The quantitative estimate of drug-likeness (QED) is 0.810. The molecule has 5 heteroatoms. The van der Waals surface area contributed by atoms with E-state index in [1.165, 1.54) is 12.1 Å². The van der Waals surface area contributed by atoms with Gasteiger partial charge in [0, 0.05) is 0 Å². The minimum absolute atomic E-state index is 0.253. The van der Waals surface area contributed by atoms with Crippen LogP contribution in [0.5, 0.6) is 5.75 Å². The molecule has 110 valence electrons. The fourth-order valence-electron chi connectivity index (χ4n) is 2.67. The van der Waals surface area contributed by atoms with Crippen molar-refractivity contribution in [2.45, 2.75) is 6.92 Å². The second kappa shape index (κ2) is 4.94. The third kappa shape index (κ3) is 2.15. The Bertz CT molecular complexity index is 796. The van der Waals surface area contributed by atoms with Gasteiger partial charge < -0.3 is 9.64 Å². The first kappa shape index (κ1) is 13.0. The highest BCUT2D eigenvalue weighted by atomic mass is 19.1. The Kier molecular flexibility index (Phi) is 2.92. The lowest BCUT2D eigenvalue weighted by molar-refractivity contribution is 0.366. The molecule has 0 saturated heterocycles. The minimum atomic E-state index is -0.253. The van der Waals surface area contributed by atoms with Crippen LogP contribution in [0.25, 0.3) is 0 Å². The molecule has 0 amide bonds. The van der Waals surface area contributed by atoms with Crippen molar-refractivity contribution >= 4 is 17.2 Å². The van der Waals surface area contributed by atoms with Crippen LogP contribution in [0.3, 0.4) is 0 Å². The molecule has 4 rings (SSSR count). The summed E-state index contributed by atoms with van der Waals surface area (Å²) in [4.78, 5) is 2.11. The molecule has 2 aromatic carbocycles. The van der Waals surface area contributed by atoms with Crippen LogP contribution in [0.4, 0.5) is 10.1 Å². The van der Waals surface area contributed by atoms with Gasteiger partial charge in [0.2, 0.25) is 0 Å². The molecule has 0 saturated carbocycles. The highest BCUT2D eigenvalue weighted by molar-refractivity contribution is 6.13. The molecule has 2 aliphatic heterocycles. The van der Waals surface area contributed by atoms with Crippen molar-refractivity contribution in [3.63, 3.8) is 0 Å². The Balaban J connectivity index is 1.72. The molecule has 2 heterocycles. The highest BCUT2D eigenvalue weighted by Crippen LogP contribution is 2.34. The smallest absolute Gasteiger partial charge is 0.170 e. The van der Waals surface area contributed by atoms with Crippen molar-refractivity contribution in [2.24, 2.45) is 10.2 Å². The van der Waals surface area contributed by atoms with Crippen molar-refractivity contribution in [3.8, 4) is 5.75 Å². The number of hydrogen-bond acceptors (Lipinski definition) is 4. The summed E-state index contributed by atoms with van der Waals surface area (Å²) in [7, 11) is 0. The molecular weight excluding hydrogens is 281 g/mol. The molecule has 0 spiro atoms. The molecule has 2 aliphatic rings. The number of amidine groups is 1. The fourth-order valence-corrected chi connectivity index (χ4v) is 2.67. The van der Waals surface area contributed by atoms with E-state index in [9.17, 15) is 4.39 Å². The lowest BCUT2D eigenvalue weighted by Crippen LogP contribution is -2.44. The Hall–Kier alpha value is -2.69. The van der Waals surface area contributed by atoms with Crippen LogP contribution in [-0.4, -0.2) is 24.7 Å². The van der Waals surface area contributed by atoms with Crippen molar-refractivity contribution in [2.75, 3.05) is 18.1 Å². The molecule has 4 nitrogen and oxygen atoms in total. The molecule has 0 radical (unpaired) electrons. The first-order valence-corrected chi connectivity index (χ1v) is 7.11. The van der Waals surface area contributed by atoms with Crippen LogP contribution >= 0.6 is 0 Å². The summed E-state index contributed by atoms with van der Waals surface area (Å²) in [5, 5.41) is 8.54. The predicted octanol–water partition coefficient (Wildman–Crippen LogP) is 3.15. The molecule has 0 unspecified atom stereocenters. The van der Waals surface area contributed by atoms with Crippen molar-refractivity contribution in [1.29, 1.82) is 0 Å². The summed E-state index contributed by atoms with van der Waals surface area (Å²) in [5.41, 5.74) is 3.86. The largest absolute Gasteiger partial charge is 0.483 e. The Labute approximate surface area is 127 Å². The maximum absolute atomic E-state index is 13.1. The van der Waals surface area contributed by atoms with E-state index >= 15 is 0 Å². The Morgan fingerprint density at radius 1 is 1.09 bits per heavy atom. The summed E-state index contributed by atoms with van der Waals surface area (Å²) in [5.74, 6) is 1.39. The summed E-state index contributed by atoms with van der Waals surface area (Å²) >= 11 is 0. The zero-order valence-corrected chi connectivity index (χ0v) is 12.1. The van der Waals surface area contributed by atoms with Crippen molar-refractivity contribution in [3.05, 3.63) is 59.4 Å². The fraction of sp³-hybridized carbons (Fsp3) is 0.176. The van der Waals surface area contributed by atoms with E-state index in [4.69, 9.17) is 4.74 Å². The van der Waals surface area contributed by atoms with Gasteiger partial charge in [0.05, 0.1) is 17.9 Å². The standard InChI is InChI=1S/C17H14FN3O/c1-11-2-7-16-15(8-11)21-9-14(19-20-17(21)10-22-16)12-3-5-13(18)6-4-12/h2-8H,9-10H2,1H3. The van der Waals surface area contributed by atoms with Crippen molar-refractivity contribution in [1.82, 2.24) is 0 Å². The van der Waals surface area contributed by atoms with Gasteiger partial charge in [0.25, 0.3) is 0 Å². The topological polar surface area (TPSA) is 37.2 Å². The molecule has 0 atom stereocenters. The molecule has 0 fully saturated rings. The SMILES string of the molecule is Cc1ccc2c(c1)N1CC(c3ccc(F)cc3)=NN=C1CO2.